The van der Waals surface area contributed by atoms with Crippen molar-refractivity contribution in [2.45, 2.75) is 0 Å². The molecule has 2 aromatic carbocycles. The Morgan fingerprint density at radius 2 is 1.79 bits per heavy atom. The van der Waals surface area contributed by atoms with Crippen molar-refractivity contribution < 1.29 is 26.6 Å². The summed E-state index contributed by atoms with van der Waals surface area (Å²) in [6.07, 6.45) is 0. The van der Waals surface area contributed by atoms with Gasteiger partial charge in [-0.2, -0.15) is 0 Å². The minimum atomic E-state index is -0.499. The summed E-state index contributed by atoms with van der Waals surface area (Å²) in [5, 5.41) is 10.9. The second-order valence-electron chi connectivity index (χ2n) is 3.91. The normalized spacial score (nSPS) is 11.5. The summed E-state index contributed by atoms with van der Waals surface area (Å²) in [6, 6.07) is 12.7. The number of hydrogen-bond acceptors (Lipinski definition) is 2. The first-order chi connectivity index (χ1) is 8.59. The van der Waals surface area contributed by atoms with Crippen molar-refractivity contribution in [3.8, 4) is 0 Å². The zero-order valence-corrected chi connectivity index (χ0v) is 10.9. The lowest BCUT2D eigenvalue weighted by molar-refractivity contribution is -0.737. The Bertz CT molecular complexity index is 578. The Morgan fingerprint density at radius 1 is 1.16 bits per heavy atom. The molecule has 0 bridgehead atoms. The van der Waals surface area contributed by atoms with Crippen LogP contribution in [0.2, 0.25) is 0 Å². The van der Waals surface area contributed by atoms with Crippen molar-refractivity contribution in [3.05, 3.63) is 64.5 Å². The van der Waals surface area contributed by atoms with Gasteiger partial charge in [-0.05, 0) is 18.2 Å². The van der Waals surface area contributed by atoms with Crippen LogP contribution in [0.1, 0.15) is 0 Å². The number of quaternary nitrogens is 1. The smallest absolute Gasteiger partial charge is 0.329 e. The number of nitro benzene ring substituents is 1. The van der Waals surface area contributed by atoms with E-state index in [1.165, 1.54) is 12.1 Å². The van der Waals surface area contributed by atoms with Gasteiger partial charge in [0.05, 0.1) is 12.0 Å². The molecule has 100 valence electrons. The molecule has 2 aromatic rings. The summed E-state index contributed by atoms with van der Waals surface area (Å²) in [5.41, 5.74) is 1.06. The molecule has 19 heavy (non-hydrogen) atoms. The Morgan fingerprint density at radius 3 is 2.37 bits per heavy atom. The van der Waals surface area contributed by atoms with Crippen LogP contribution in [0, 0.1) is 15.9 Å². The lowest BCUT2D eigenvalue weighted by Gasteiger charge is -2.12. The molecule has 0 radical (unpaired) electrons. The first-order valence-electron chi connectivity index (χ1n) is 5.43. The average Bonchev–Trinajstić information content (AvgIpc) is 2.38. The number of nitrogens with one attached hydrogen (secondary N) is 1. The highest BCUT2D eigenvalue weighted by Gasteiger charge is 2.23. The Labute approximate surface area is 116 Å². The van der Waals surface area contributed by atoms with Gasteiger partial charge in [-0.1, -0.05) is 18.2 Å². The molecular formula is C13H12ClFN2O2. The van der Waals surface area contributed by atoms with Gasteiger partial charge in [0.1, 0.15) is 11.5 Å². The quantitative estimate of drug-likeness (QED) is 0.593. The highest BCUT2D eigenvalue weighted by Crippen LogP contribution is 2.22. The molecule has 1 atom stereocenters. The van der Waals surface area contributed by atoms with E-state index >= 15 is 0 Å². The van der Waals surface area contributed by atoms with Crippen LogP contribution in [-0.2, 0) is 0 Å². The molecule has 0 saturated heterocycles. The van der Waals surface area contributed by atoms with Crippen molar-refractivity contribution in [1.29, 1.82) is 0 Å². The second kappa shape index (κ2) is 6.26. The number of benzene rings is 2. The maximum Gasteiger partial charge on any atom is 0.329 e. The molecule has 0 aliphatic heterocycles. The average molecular weight is 283 g/mol. The number of rotatable bonds is 3. The van der Waals surface area contributed by atoms with E-state index in [2.05, 4.69) is 0 Å². The highest BCUT2D eigenvalue weighted by atomic mass is 35.5. The first-order valence-corrected chi connectivity index (χ1v) is 5.43. The minimum absolute atomic E-state index is 0. The summed E-state index contributed by atoms with van der Waals surface area (Å²) in [5.74, 6) is -0.481. The standard InChI is InChI=1S/C13H11FN2O2.ClH/c1-15(11-5-3-2-4-6-11)13-9-10(14)7-8-12(13)16(17)18;/h2-9H,1H3;1H. The summed E-state index contributed by atoms with van der Waals surface area (Å²) >= 11 is 0. The molecule has 0 fully saturated rings. The Balaban J connectivity index is 0.00000180. The SMILES string of the molecule is C[NH+](c1ccccc1)c1cc(F)ccc1[N+](=O)[O-].[Cl-]. The van der Waals surface area contributed by atoms with E-state index in [0.29, 0.717) is 10.6 Å². The van der Waals surface area contributed by atoms with Crippen LogP contribution in [0.15, 0.2) is 48.5 Å². The first kappa shape index (κ1) is 15.1. The topological polar surface area (TPSA) is 47.6 Å². The number of nitro groups is 1. The minimum Gasteiger partial charge on any atom is -1.00 e. The van der Waals surface area contributed by atoms with Crippen LogP contribution in [0.25, 0.3) is 0 Å². The van der Waals surface area contributed by atoms with E-state index in [4.69, 9.17) is 0 Å². The zero-order chi connectivity index (χ0) is 13.1. The van der Waals surface area contributed by atoms with Crippen LogP contribution >= 0.6 is 0 Å². The molecule has 0 aliphatic rings. The third-order valence-corrected chi connectivity index (χ3v) is 2.77. The highest BCUT2D eigenvalue weighted by molar-refractivity contribution is 5.53. The number of hydrogen-bond donors (Lipinski definition) is 1. The van der Waals surface area contributed by atoms with Crippen molar-refractivity contribution in [2.75, 3.05) is 7.05 Å². The molecule has 0 aromatic heterocycles. The van der Waals surface area contributed by atoms with Crippen molar-refractivity contribution in [3.63, 3.8) is 0 Å². The third-order valence-electron chi connectivity index (χ3n) is 2.77. The number of nitrogens with zero attached hydrogens (tertiary/aromatic N) is 1. The van der Waals surface area contributed by atoms with Gasteiger partial charge in [-0.15, -0.1) is 0 Å². The molecule has 0 heterocycles. The van der Waals surface area contributed by atoms with Crippen LogP contribution in [0.3, 0.4) is 0 Å². The maximum absolute atomic E-state index is 13.3. The lowest BCUT2D eigenvalue weighted by Crippen LogP contribution is -3.00. The van der Waals surface area contributed by atoms with Gasteiger partial charge in [-0.25, -0.2) is 4.39 Å². The molecule has 0 amide bonds. The van der Waals surface area contributed by atoms with Gasteiger partial charge in [0, 0.05) is 12.1 Å². The largest absolute Gasteiger partial charge is 1.00 e. The van der Waals surface area contributed by atoms with E-state index in [1.54, 1.807) is 7.05 Å². The molecule has 1 unspecified atom stereocenters. The fourth-order valence-electron chi connectivity index (χ4n) is 1.81. The molecule has 0 saturated carbocycles. The Kier molecular flexibility index (Phi) is 4.97. The summed E-state index contributed by atoms with van der Waals surface area (Å²) in [4.78, 5) is 11.1. The zero-order valence-electron chi connectivity index (χ0n) is 10.1. The van der Waals surface area contributed by atoms with E-state index in [9.17, 15) is 14.5 Å². The van der Waals surface area contributed by atoms with Gasteiger partial charge >= 0.3 is 5.69 Å². The monoisotopic (exact) mass is 282 g/mol. The predicted molar refractivity (Wildman–Crippen MR) is 65.7 cm³/mol. The van der Waals surface area contributed by atoms with Gasteiger partial charge in [0.2, 0.25) is 5.69 Å². The Hall–Kier alpha value is -1.98. The molecular weight excluding hydrogens is 271 g/mol. The van der Waals surface area contributed by atoms with Gasteiger partial charge in [-0.3, -0.25) is 15.0 Å². The number of halogens is 2. The van der Waals surface area contributed by atoms with Crippen LogP contribution in [-0.4, -0.2) is 12.0 Å². The van der Waals surface area contributed by atoms with Gasteiger partial charge in [0.15, 0.2) is 0 Å². The predicted octanol–water partition coefficient (Wildman–Crippen LogP) is -0.784. The fraction of sp³-hybridized carbons (Fsp3) is 0.0769. The van der Waals surface area contributed by atoms with Gasteiger partial charge in [0.25, 0.3) is 0 Å². The van der Waals surface area contributed by atoms with Crippen LogP contribution < -0.4 is 17.3 Å². The molecule has 4 nitrogen and oxygen atoms in total. The molecule has 0 aliphatic carbocycles. The van der Waals surface area contributed by atoms with Crippen molar-refractivity contribution >= 4 is 17.1 Å². The summed E-state index contributed by atoms with van der Waals surface area (Å²) in [7, 11) is 1.75. The van der Waals surface area contributed by atoms with Crippen LogP contribution in [0.4, 0.5) is 21.5 Å². The van der Waals surface area contributed by atoms with Crippen molar-refractivity contribution in [2.24, 2.45) is 0 Å². The van der Waals surface area contributed by atoms with Crippen molar-refractivity contribution in [1.82, 2.24) is 0 Å². The lowest BCUT2D eigenvalue weighted by atomic mass is 10.2. The summed E-state index contributed by atoms with van der Waals surface area (Å²) in [6.45, 7) is 0. The third kappa shape index (κ3) is 3.27. The van der Waals surface area contributed by atoms with E-state index in [1.807, 2.05) is 30.3 Å². The summed E-state index contributed by atoms with van der Waals surface area (Å²) < 4.78 is 13.3. The molecule has 1 N–H and O–H groups in total. The molecule has 6 heteroatoms. The maximum atomic E-state index is 13.3. The fourth-order valence-corrected chi connectivity index (χ4v) is 1.81. The molecule has 0 spiro atoms. The van der Waals surface area contributed by atoms with E-state index in [0.717, 1.165) is 11.8 Å². The van der Waals surface area contributed by atoms with Crippen LogP contribution in [0.5, 0.6) is 0 Å². The second-order valence-corrected chi connectivity index (χ2v) is 3.91. The molecule has 2 rings (SSSR count). The van der Waals surface area contributed by atoms with E-state index in [-0.39, 0.29) is 18.1 Å². The van der Waals surface area contributed by atoms with Gasteiger partial charge < -0.3 is 12.4 Å². The number of para-hydroxylation sites is 1. The van der Waals surface area contributed by atoms with E-state index < -0.39 is 10.7 Å².